The van der Waals surface area contributed by atoms with Crippen LogP contribution in [0.25, 0.3) is 11.1 Å². The first-order chi connectivity index (χ1) is 11.6. The predicted octanol–water partition coefficient (Wildman–Crippen LogP) is 3.32. The van der Waals surface area contributed by atoms with E-state index in [1.54, 1.807) is 21.1 Å². The molecule has 0 aliphatic heterocycles. The third-order valence-corrected chi connectivity index (χ3v) is 3.72. The van der Waals surface area contributed by atoms with E-state index in [-0.39, 0.29) is 12.4 Å². The summed E-state index contributed by atoms with van der Waals surface area (Å²) in [5.41, 5.74) is 8.78. The van der Waals surface area contributed by atoms with E-state index in [1.165, 1.54) is 0 Å². The Kier molecular flexibility index (Phi) is 6.21. The van der Waals surface area contributed by atoms with Crippen LogP contribution >= 0.6 is 0 Å². The molecule has 1 unspecified atom stereocenters. The number of hydrogen-bond donors (Lipinski definition) is 1. The van der Waals surface area contributed by atoms with E-state index in [0.717, 1.165) is 16.7 Å². The smallest absolute Gasteiger partial charge is 0.307 e. The topological polar surface area (TPSA) is 70.8 Å². The van der Waals surface area contributed by atoms with Crippen molar-refractivity contribution in [3.63, 3.8) is 0 Å². The Morgan fingerprint density at radius 3 is 2.29 bits per heavy atom. The van der Waals surface area contributed by atoms with Crippen LogP contribution < -0.4 is 15.2 Å². The molecule has 0 amide bonds. The minimum atomic E-state index is -0.426. The lowest BCUT2D eigenvalue weighted by Crippen LogP contribution is -2.17. The number of ether oxygens (including phenoxy) is 3. The molecule has 2 aromatic rings. The van der Waals surface area contributed by atoms with E-state index in [1.807, 2.05) is 42.5 Å². The van der Waals surface area contributed by atoms with Gasteiger partial charge in [0.15, 0.2) is 0 Å². The third kappa shape index (κ3) is 4.06. The van der Waals surface area contributed by atoms with Gasteiger partial charge in [0.1, 0.15) is 11.5 Å². The second-order valence-corrected chi connectivity index (χ2v) is 5.28. The van der Waals surface area contributed by atoms with Crippen molar-refractivity contribution in [3.05, 3.63) is 48.0 Å². The number of benzene rings is 2. The zero-order chi connectivity index (χ0) is 17.5. The molecule has 0 radical (unpaired) electrons. The largest absolute Gasteiger partial charge is 0.496 e. The summed E-state index contributed by atoms with van der Waals surface area (Å²) in [6, 6.07) is 12.9. The quantitative estimate of drug-likeness (QED) is 0.789. The van der Waals surface area contributed by atoms with E-state index in [2.05, 4.69) is 0 Å². The van der Waals surface area contributed by atoms with Crippen LogP contribution in [0.5, 0.6) is 11.5 Å². The van der Waals surface area contributed by atoms with Crippen molar-refractivity contribution in [3.8, 4) is 22.6 Å². The van der Waals surface area contributed by atoms with Gasteiger partial charge in [0.2, 0.25) is 0 Å². The minimum absolute atomic E-state index is 0.139. The summed E-state index contributed by atoms with van der Waals surface area (Å²) >= 11 is 0. The van der Waals surface area contributed by atoms with E-state index in [4.69, 9.17) is 19.9 Å². The fourth-order valence-electron chi connectivity index (χ4n) is 2.58. The molecule has 1 atom stereocenters. The van der Waals surface area contributed by atoms with Crippen LogP contribution in [0.2, 0.25) is 0 Å². The number of carbonyl (C=O) groups excluding carboxylic acids is 1. The van der Waals surface area contributed by atoms with Gasteiger partial charge in [-0.25, -0.2) is 0 Å². The van der Waals surface area contributed by atoms with Gasteiger partial charge in [-0.3, -0.25) is 4.79 Å². The van der Waals surface area contributed by atoms with Crippen molar-refractivity contribution in [2.45, 2.75) is 19.4 Å². The SMILES string of the molecule is CCOC(=O)CC(N)c1cccc(-c2c(OC)cccc2OC)c1. The van der Waals surface area contributed by atoms with Crippen LogP contribution in [-0.4, -0.2) is 26.8 Å². The van der Waals surface area contributed by atoms with Crippen LogP contribution in [0.3, 0.4) is 0 Å². The Balaban J connectivity index is 2.36. The highest BCUT2D eigenvalue weighted by molar-refractivity contribution is 5.77. The van der Waals surface area contributed by atoms with Crippen molar-refractivity contribution in [2.75, 3.05) is 20.8 Å². The highest BCUT2D eigenvalue weighted by atomic mass is 16.5. The van der Waals surface area contributed by atoms with Crippen molar-refractivity contribution < 1.29 is 19.0 Å². The molecular weight excluding hydrogens is 306 g/mol. The van der Waals surface area contributed by atoms with E-state index >= 15 is 0 Å². The Morgan fingerprint density at radius 1 is 1.08 bits per heavy atom. The maximum Gasteiger partial charge on any atom is 0.307 e. The third-order valence-electron chi connectivity index (χ3n) is 3.72. The summed E-state index contributed by atoms with van der Waals surface area (Å²) in [6.45, 7) is 2.13. The fourth-order valence-corrected chi connectivity index (χ4v) is 2.58. The molecule has 0 fully saturated rings. The Labute approximate surface area is 142 Å². The van der Waals surface area contributed by atoms with Gasteiger partial charge in [0.25, 0.3) is 0 Å². The van der Waals surface area contributed by atoms with Crippen LogP contribution in [0, 0.1) is 0 Å². The highest BCUT2D eigenvalue weighted by Crippen LogP contribution is 2.38. The summed E-state index contributed by atoms with van der Waals surface area (Å²) < 4.78 is 15.9. The molecular formula is C19H23NO4. The summed E-state index contributed by atoms with van der Waals surface area (Å²) in [5.74, 6) is 1.13. The Morgan fingerprint density at radius 2 is 1.71 bits per heavy atom. The van der Waals surface area contributed by atoms with Crippen molar-refractivity contribution in [1.29, 1.82) is 0 Å². The molecule has 0 aliphatic rings. The zero-order valence-corrected chi connectivity index (χ0v) is 14.2. The molecule has 5 nitrogen and oxygen atoms in total. The summed E-state index contributed by atoms with van der Waals surface area (Å²) in [4.78, 5) is 11.6. The second kappa shape index (κ2) is 8.36. The Bertz CT molecular complexity index is 677. The molecule has 2 aromatic carbocycles. The average Bonchev–Trinajstić information content (AvgIpc) is 2.61. The molecule has 2 rings (SSSR count). The predicted molar refractivity (Wildman–Crippen MR) is 93.2 cm³/mol. The summed E-state index contributed by atoms with van der Waals surface area (Å²) in [7, 11) is 3.24. The van der Waals surface area contributed by atoms with Gasteiger partial charge in [0, 0.05) is 6.04 Å². The number of methoxy groups -OCH3 is 2. The average molecular weight is 329 g/mol. The second-order valence-electron chi connectivity index (χ2n) is 5.28. The van der Waals surface area contributed by atoms with Crippen LogP contribution in [0.4, 0.5) is 0 Å². The lowest BCUT2D eigenvalue weighted by atomic mass is 9.97. The molecule has 24 heavy (non-hydrogen) atoms. The molecule has 0 aliphatic carbocycles. The fraction of sp³-hybridized carbons (Fsp3) is 0.316. The zero-order valence-electron chi connectivity index (χ0n) is 14.2. The number of rotatable bonds is 7. The van der Waals surface area contributed by atoms with Gasteiger partial charge in [-0.1, -0.05) is 24.3 Å². The molecule has 0 saturated carbocycles. The van der Waals surface area contributed by atoms with Gasteiger partial charge in [-0.05, 0) is 36.2 Å². The molecule has 5 heteroatoms. The van der Waals surface area contributed by atoms with Gasteiger partial charge in [-0.15, -0.1) is 0 Å². The van der Waals surface area contributed by atoms with Crippen LogP contribution in [0.15, 0.2) is 42.5 Å². The van der Waals surface area contributed by atoms with E-state index in [9.17, 15) is 4.79 Å². The van der Waals surface area contributed by atoms with Gasteiger partial charge < -0.3 is 19.9 Å². The van der Waals surface area contributed by atoms with Crippen molar-refractivity contribution >= 4 is 5.97 Å². The normalized spacial score (nSPS) is 11.7. The number of esters is 1. The molecule has 0 spiro atoms. The minimum Gasteiger partial charge on any atom is -0.496 e. The molecule has 128 valence electrons. The molecule has 0 saturated heterocycles. The maximum atomic E-state index is 11.6. The monoisotopic (exact) mass is 329 g/mol. The van der Waals surface area contributed by atoms with Crippen molar-refractivity contribution in [2.24, 2.45) is 5.73 Å². The highest BCUT2D eigenvalue weighted by Gasteiger charge is 2.16. The molecule has 0 heterocycles. The molecule has 2 N–H and O–H groups in total. The van der Waals surface area contributed by atoms with Crippen molar-refractivity contribution in [1.82, 2.24) is 0 Å². The lowest BCUT2D eigenvalue weighted by molar-refractivity contribution is -0.143. The first-order valence-corrected chi connectivity index (χ1v) is 7.83. The van der Waals surface area contributed by atoms with E-state index in [0.29, 0.717) is 18.1 Å². The number of hydrogen-bond acceptors (Lipinski definition) is 5. The number of nitrogens with two attached hydrogens (primary N) is 1. The maximum absolute atomic E-state index is 11.6. The standard InChI is InChI=1S/C19H23NO4/c1-4-24-18(21)12-15(20)13-7-5-8-14(11-13)19-16(22-2)9-6-10-17(19)23-3/h5-11,15H,4,12,20H2,1-3H3. The van der Waals surface area contributed by atoms with Crippen LogP contribution in [0.1, 0.15) is 24.9 Å². The number of carbonyl (C=O) groups is 1. The van der Waals surface area contributed by atoms with E-state index < -0.39 is 6.04 Å². The first kappa shape index (κ1) is 17.8. The van der Waals surface area contributed by atoms with Gasteiger partial charge >= 0.3 is 5.97 Å². The molecule has 0 bridgehead atoms. The lowest BCUT2D eigenvalue weighted by Gasteiger charge is -2.16. The summed E-state index contributed by atoms with van der Waals surface area (Å²) in [5, 5.41) is 0. The van der Waals surface area contributed by atoms with Crippen LogP contribution in [-0.2, 0) is 9.53 Å². The molecule has 0 aromatic heterocycles. The Hall–Kier alpha value is -2.53. The van der Waals surface area contributed by atoms with Gasteiger partial charge in [-0.2, -0.15) is 0 Å². The first-order valence-electron chi connectivity index (χ1n) is 7.83. The van der Waals surface area contributed by atoms with Gasteiger partial charge in [0.05, 0.1) is 32.8 Å². The summed E-state index contributed by atoms with van der Waals surface area (Å²) in [6.07, 6.45) is 0.139.